The van der Waals surface area contributed by atoms with Gasteiger partial charge in [0.15, 0.2) is 8.07 Å². The van der Waals surface area contributed by atoms with Gasteiger partial charge in [-0.15, -0.1) is 0 Å². The van der Waals surface area contributed by atoms with E-state index >= 15 is 0 Å². The SMILES string of the molecule is C[Si](C(=O)C1C=CC=CC1)(c1ccccc1)c1ccccc1. The van der Waals surface area contributed by atoms with Crippen molar-refractivity contribution in [3.05, 3.63) is 85.0 Å². The van der Waals surface area contributed by atoms with Crippen molar-refractivity contribution in [2.24, 2.45) is 5.92 Å². The van der Waals surface area contributed by atoms with Crippen LogP contribution in [0.2, 0.25) is 6.55 Å². The van der Waals surface area contributed by atoms with Gasteiger partial charge >= 0.3 is 0 Å². The molecule has 0 amide bonds. The monoisotopic (exact) mass is 304 g/mol. The molecule has 0 aromatic heterocycles. The van der Waals surface area contributed by atoms with Crippen molar-refractivity contribution in [1.82, 2.24) is 0 Å². The Morgan fingerprint density at radius 2 is 1.45 bits per heavy atom. The van der Waals surface area contributed by atoms with Crippen LogP contribution in [0.15, 0.2) is 85.0 Å². The fraction of sp³-hybridized carbons (Fsp3) is 0.150. The quantitative estimate of drug-likeness (QED) is 0.793. The van der Waals surface area contributed by atoms with Crippen molar-refractivity contribution in [3.63, 3.8) is 0 Å². The van der Waals surface area contributed by atoms with Crippen molar-refractivity contribution < 1.29 is 4.79 Å². The van der Waals surface area contributed by atoms with Crippen molar-refractivity contribution in [2.45, 2.75) is 13.0 Å². The molecule has 0 N–H and O–H groups in total. The molecule has 2 aromatic rings. The van der Waals surface area contributed by atoms with E-state index in [1.165, 1.54) is 10.4 Å². The summed E-state index contributed by atoms with van der Waals surface area (Å²) in [6.07, 6.45) is 8.98. The molecule has 0 spiro atoms. The van der Waals surface area contributed by atoms with E-state index in [9.17, 15) is 4.79 Å². The first-order valence-electron chi connectivity index (χ1n) is 7.71. The minimum Gasteiger partial charge on any atom is -0.304 e. The molecule has 1 aliphatic rings. The van der Waals surface area contributed by atoms with Crippen LogP contribution in [0.25, 0.3) is 0 Å². The molecule has 2 aromatic carbocycles. The molecule has 0 saturated carbocycles. The molecule has 3 rings (SSSR count). The molecule has 0 aliphatic heterocycles. The van der Waals surface area contributed by atoms with Crippen LogP contribution in [0, 0.1) is 5.92 Å². The summed E-state index contributed by atoms with van der Waals surface area (Å²) in [4.78, 5) is 13.4. The molecule has 1 aliphatic carbocycles. The Labute approximate surface area is 133 Å². The van der Waals surface area contributed by atoms with Crippen LogP contribution in [0.5, 0.6) is 0 Å². The predicted molar refractivity (Wildman–Crippen MR) is 95.2 cm³/mol. The molecular weight excluding hydrogens is 284 g/mol. The Bertz CT molecular complexity index is 662. The summed E-state index contributed by atoms with van der Waals surface area (Å²) in [5, 5.41) is 2.77. The molecule has 0 bridgehead atoms. The summed E-state index contributed by atoms with van der Waals surface area (Å²) < 4.78 is 0. The molecular formula is C20H20OSi. The maximum absolute atomic E-state index is 13.4. The molecule has 1 nitrogen and oxygen atoms in total. The van der Waals surface area contributed by atoms with Gasteiger partial charge in [0.25, 0.3) is 0 Å². The van der Waals surface area contributed by atoms with E-state index in [-0.39, 0.29) is 5.92 Å². The number of carbonyl (C=O) groups is 1. The second kappa shape index (κ2) is 6.28. The van der Waals surface area contributed by atoms with Crippen LogP contribution in [0.1, 0.15) is 6.42 Å². The van der Waals surface area contributed by atoms with Gasteiger partial charge in [-0.2, -0.15) is 0 Å². The Morgan fingerprint density at radius 3 is 1.91 bits per heavy atom. The van der Waals surface area contributed by atoms with Gasteiger partial charge in [0, 0.05) is 5.92 Å². The van der Waals surface area contributed by atoms with Crippen molar-refractivity contribution in [3.8, 4) is 0 Å². The predicted octanol–water partition coefficient (Wildman–Crippen LogP) is 3.12. The fourth-order valence-electron chi connectivity index (χ4n) is 3.14. The number of hydrogen-bond donors (Lipinski definition) is 0. The van der Waals surface area contributed by atoms with Crippen molar-refractivity contribution in [2.75, 3.05) is 0 Å². The van der Waals surface area contributed by atoms with Crippen LogP contribution < -0.4 is 10.4 Å². The molecule has 2 heteroatoms. The minimum atomic E-state index is -2.42. The summed E-state index contributed by atoms with van der Waals surface area (Å²) in [6.45, 7) is 2.19. The van der Waals surface area contributed by atoms with Crippen molar-refractivity contribution >= 4 is 23.9 Å². The topological polar surface area (TPSA) is 17.1 Å². The van der Waals surface area contributed by atoms with Crippen molar-refractivity contribution in [1.29, 1.82) is 0 Å². The third-order valence-electron chi connectivity index (χ3n) is 4.51. The highest BCUT2D eigenvalue weighted by Gasteiger charge is 2.42. The zero-order valence-corrected chi connectivity index (χ0v) is 13.8. The van der Waals surface area contributed by atoms with Gasteiger partial charge < -0.3 is 4.79 Å². The Morgan fingerprint density at radius 1 is 0.909 bits per heavy atom. The molecule has 0 heterocycles. The van der Waals surface area contributed by atoms with Crippen LogP contribution in [0.4, 0.5) is 0 Å². The number of hydrogen-bond acceptors (Lipinski definition) is 1. The highest BCUT2D eigenvalue weighted by atomic mass is 28.3. The average molecular weight is 304 g/mol. The summed E-state index contributed by atoms with van der Waals surface area (Å²) in [5.74, 6) is 0.00192. The standard InChI is InChI=1S/C20H20OSi/c1-22(18-13-7-3-8-14-18,19-15-9-4-10-16-19)20(21)17-11-5-2-6-12-17/h2-11,13-17H,12H2,1H3. The van der Waals surface area contributed by atoms with E-state index in [2.05, 4.69) is 43.0 Å². The van der Waals surface area contributed by atoms with Gasteiger partial charge in [-0.25, -0.2) is 0 Å². The summed E-state index contributed by atoms with van der Waals surface area (Å²) in [5.41, 5.74) is 0. The Hall–Kier alpha value is -2.19. The van der Waals surface area contributed by atoms with Crippen LogP contribution in [-0.2, 0) is 4.79 Å². The Kier molecular flexibility index (Phi) is 4.21. The van der Waals surface area contributed by atoms with Gasteiger partial charge in [-0.05, 0) is 16.8 Å². The van der Waals surface area contributed by atoms with Gasteiger partial charge in [-0.3, -0.25) is 0 Å². The smallest absolute Gasteiger partial charge is 0.191 e. The van der Waals surface area contributed by atoms with E-state index in [1.807, 2.05) is 48.6 Å². The summed E-state index contributed by atoms with van der Waals surface area (Å²) >= 11 is 0. The highest BCUT2D eigenvalue weighted by molar-refractivity contribution is 7.22. The zero-order valence-electron chi connectivity index (χ0n) is 12.8. The van der Waals surface area contributed by atoms with E-state index in [0.717, 1.165) is 6.42 Å². The second-order valence-corrected chi connectivity index (χ2v) is 9.77. The van der Waals surface area contributed by atoms with Gasteiger partial charge in [0.05, 0.1) is 0 Å². The normalized spacial score (nSPS) is 17.4. The zero-order chi connectivity index (χ0) is 15.4. The number of allylic oxidation sites excluding steroid dienone is 4. The largest absolute Gasteiger partial charge is 0.304 e. The molecule has 22 heavy (non-hydrogen) atoms. The second-order valence-electron chi connectivity index (χ2n) is 5.88. The van der Waals surface area contributed by atoms with Crippen LogP contribution in [-0.4, -0.2) is 13.5 Å². The van der Waals surface area contributed by atoms with E-state index in [1.54, 1.807) is 0 Å². The maximum atomic E-state index is 13.4. The summed E-state index contributed by atoms with van der Waals surface area (Å²) in [7, 11) is -2.42. The molecule has 0 saturated heterocycles. The third-order valence-corrected chi connectivity index (χ3v) is 8.84. The van der Waals surface area contributed by atoms with Gasteiger partial charge in [0.2, 0.25) is 0 Å². The van der Waals surface area contributed by atoms with E-state index < -0.39 is 8.07 Å². The maximum Gasteiger partial charge on any atom is 0.191 e. The lowest BCUT2D eigenvalue weighted by atomic mass is 10.0. The highest BCUT2D eigenvalue weighted by Crippen LogP contribution is 2.19. The first-order chi connectivity index (χ1) is 10.7. The lowest BCUT2D eigenvalue weighted by molar-refractivity contribution is -0.114. The average Bonchev–Trinajstić information content (AvgIpc) is 2.62. The van der Waals surface area contributed by atoms with E-state index in [4.69, 9.17) is 0 Å². The van der Waals surface area contributed by atoms with Crippen LogP contribution >= 0.6 is 0 Å². The first kappa shape index (κ1) is 14.7. The molecule has 1 atom stereocenters. The summed E-state index contributed by atoms with van der Waals surface area (Å²) in [6, 6.07) is 20.6. The Balaban J connectivity index is 2.09. The molecule has 0 fully saturated rings. The number of rotatable bonds is 4. The third kappa shape index (κ3) is 2.62. The lowest BCUT2D eigenvalue weighted by Crippen LogP contribution is -2.63. The molecule has 110 valence electrons. The van der Waals surface area contributed by atoms with Gasteiger partial charge in [-0.1, -0.05) is 91.5 Å². The van der Waals surface area contributed by atoms with E-state index in [0.29, 0.717) is 5.41 Å². The lowest BCUT2D eigenvalue weighted by Gasteiger charge is -2.30. The van der Waals surface area contributed by atoms with Gasteiger partial charge in [0.1, 0.15) is 5.41 Å². The number of benzene rings is 2. The minimum absolute atomic E-state index is 0.00192. The molecule has 1 unspecified atom stereocenters. The number of carbonyl (C=O) groups excluding carboxylic acids is 1. The molecule has 0 radical (unpaired) electrons. The fourth-order valence-corrected chi connectivity index (χ4v) is 6.72. The first-order valence-corrected chi connectivity index (χ1v) is 10.2. The van der Waals surface area contributed by atoms with Crippen LogP contribution in [0.3, 0.4) is 0 Å².